The largest absolute Gasteiger partial charge is 0.187 e. The molecule has 0 radical (unpaired) electrons. The molecular formula is C4H5Cl5. The summed E-state index contributed by atoms with van der Waals surface area (Å²) < 4.78 is -1.08. The normalized spacial score (nSPS) is 10.9. The minimum absolute atomic E-state index is 1.08. The number of rotatable bonds is 0. The van der Waals surface area contributed by atoms with Gasteiger partial charge in [0.2, 0.25) is 0 Å². The van der Waals surface area contributed by atoms with E-state index in [2.05, 4.69) is 0 Å². The second-order valence-corrected chi connectivity index (χ2v) is 4.39. The Bertz CT molecular complexity index is 61.5. The number of alkyl halides is 3. The molecule has 0 aromatic rings. The van der Waals surface area contributed by atoms with Gasteiger partial charge in [0.05, 0.1) is 0 Å². The van der Waals surface area contributed by atoms with Crippen molar-refractivity contribution >= 4 is 58.0 Å². The van der Waals surface area contributed by atoms with Gasteiger partial charge in [-0.1, -0.05) is 58.0 Å². The average molecular weight is 230 g/mol. The highest BCUT2D eigenvalue weighted by atomic mass is 35.6. The standard InChI is InChI=1S/C2H3Cl3.C2H2Cl2/c1-2(3,4)5;3-1-2-4/h1H3;1-2H/b;2-1+. The van der Waals surface area contributed by atoms with Crippen LogP contribution in [-0.4, -0.2) is 3.79 Å². The fourth-order valence-corrected chi connectivity index (χ4v) is 0. The summed E-state index contributed by atoms with van der Waals surface area (Å²) in [6.07, 6.45) is 0. The number of halogens is 5. The molecule has 0 heterocycles. The highest BCUT2D eigenvalue weighted by Gasteiger charge is 2.07. The van der Waals surface area contributed by atoms with Crippen LogP contribution in [-0.2, 0) is 0 Å². The van der Waals surface area contributed by atoms with Crippen molar-refractivity contribution in [3.05, 3.63) is 11.1 Å². The van der Waals surface area contributed by atoms with Crippen LogP contribution in [0.25, 0.3) is 0 Å². The third-order valence-corrected chi connectivity index (χ3v) is 0.429. The molecule has 0 amide bonds. The SMILES string of the molecule is CC(Cl)(Cl)Cl.Cl/C=C/Cl. The zero-order valence-corrected chi connectivity index (χ0v) is 8.32. The van der Waals surface area contributed by atoms with Crippen LogP contribution in [0.1, 0.15) is 6.92 Å². The van der Waals surface area contributed by atoms with Crippen molar-refractivity contribution in [1.82, 2.24) is 0 Å². The monoisotopic (exact) mass is 228 g/mol. The summed E-state index contributed by atoms with van der Waals surface area (Å²) in [7, 11) is 0. The van der Waals surface area contributed by atoms with Crippen molar-refractivity contribution in [3.8, 4) is 0 Å². The van der Waals surface area contributed by atoms with Gasteiger partial charge in [-0.25, -0.2) is 0 Å². The van der Waals surface area contributed by atoms with Crippen molar-refractivity contribution in [2.24, 2.45) is 0 Å². The molecule has 0 unspecified atom stereocenters. The molecule has 9 heavy (non-hydrogen) atoms. The summed E-state index contributed by atoms with van der Waals surface area (Å²) in [5.74, 6) is 0. The topological polar surface area (TPSA) is 0 Å². The van der Waals surface area contributed by atoms with Gasteiger partial charge >= 0.3 is 0 Å². The van der Waals surface area contributed by atoms with E-state index < -0.39 is 3.79 Å². The van der Waals surface area contributed by atoms with Crippen LogP contribution in [0.15, 0.2) is 11.1 Å². The lowest BCUT2D eigenvalue weighted by Gasteiger charge is -1.94. The van der Waals surface area contributed by atoms with E-state index >= 15 is 0 Å². The molecule has 0 saturated heterocycles. The number of hydrogen-bond acceptors (Lipinski definition) is 0. The van der Waals surface area contributed by atoms with Gasteiger partial charge in [-0.05, 0) is 6.92 Å². The fraction of sp³-hybridized carbons (Fsp3) is 0.500. The second-order valence-electron chi connectivity index (χ2n) is 1.03. The maximum absolute atomic E-state index is 5.06. The zero-order chi connectivity index (χ0) is 7.91. The Morgan fingerprint density at radius 2 is 1.11 bits per heavy atom. The van der Waals surface area contributed by atoms with Crippen molar-refractivity contribution in [2.75, 3.05) is 0 Å². The predicted molar refractivity (Wildman–Crippen MR) is 46.8 cm³/mol. The highest BCUT2D eigenvalue weighted by Crippen LogP contribution is 2.23. The highest BCUT2D eigenvalue weighted by molar-refractivity contribution is 6.67. The van der Waals surface area contributed by atoms with Gasteiger partial charge in [0.25, 0.3) is 0 Å². The molecule has 0 aromatic heterocycles. The second kappa shape index (κ2) is 7.30. The molecule has 0 atom stereocenters. The maximum atomic E-state index is 5.06. The molecule has 0 N–H and O–H groups in total. The Balaban J connectivity index is 0. The molecule has 5 heteroatoms. The molecule has 0 nitrogen and oxygen atoms in total. The van der Waals surface area contributed by atoms with E-state index in [1.165, 1.54) is 18.0 Å². The van der Waals surface area contributed by atoms with Gasteiger partial charge in [-0.3, -0.25) is 0 Å². The average Bonchev–Trinajstić information content (AvgIpc) is 1.61. The molecule has 0 spiro atoms. The van der Waals surface area contributed by atoms with E-state index in [1.807, 2.05) is 0 Å². The first-order chi connectivity index (χ1) is 3.91. The van der Waals surface area contributed by atoms with Crippen LogP contribution >= 0.6 is 58.0 Å². The molecule has 56 valence electrons. The zero-order valence-electron chi connectivity index (χ0n) is 4.54. The lowest BCUT2D eigenvalue weighted by atomic mass is 10.9. The Hall–Kier alpha value is 1.19. The van der Waals surface area contributed by atoms with Crippen LogP contribution in [0, 0.1) is 0 Å². The smallest absolute Gasteiger partial charge is 0.0920 e. The summed E-state index contributed by atoms with van der Waals surface area (Å²) in [5.41, 5.74) is 2.48. The van der Waals surface area contributed by atoms with E-state index in [-0.39, 0.29) is 0 Å². The summed E-state index contributed by atoms with van der Waals surface area (Å²) in [4.78, 5) is 0. The molecule has 0 rings (SSSR count). The summed E-state index contributed by atoms with van der Waals surface area (Å²) in [6, 6.07) is 0. The van der Waals surface area contributed by atoms with Crippen LogP contribution in [0.4, 0.5) is 0 Å². The summed E-state index contributed by atoms with van der Waals surface area (Å²) in [6.45, 7) is 1.48. The minimum atomic E-state index is -1.08. The van der Waals surface area contributed by atoms with Crippen LogP contribution in [0.5, 0.6) is 0 Å². The molecule has 0 aliphatic heterocycles. The van der Waals surface area contributed by atoms with Gasteiger partial charge in [0, 0.05) is 11.1 Å². The van der Waals surface area contributed by atoms with Gasteiger partial charge in [0.1, 0.15) is 0 Å². The van der Waals surface area contributed by atoms with Gasteiger partial charge in [-0.15, -0.1) is 0 Å². The van der Waals surface area contributed by atoms with Gasteiger partial charge < -0.3 is 0 Å². The molecular weight excluding hydrogens is 225 g/mol. The van der Waals surface area contributed by atoms with Crippen molar-refractivity contribution in [1.29, 1.82) is 0 Å². The Morgan fingerprint density at radius 1 is 1.00 bits per heavy atom. The van der Waals surface area contributed by atoms with Crippen molar-refractivity contribution in [2.45, 2.75) is 10.7 Å². The minimum Gasteiger partial charge on any atom is -0.0920 e. The lowest BCUT2D eigenvalue weighted by molar-refractivity contribution is 1.27. The van der Waals surface area contributed by atoms with Gasteiger partial charge in [-0.2, -0.15) is 0 Å². The first kappa shape index (κ1) is 12.8. The quantitative estimate of drug-likeness (QED) is 0.544. The molecule has 0 fully saturated rings. The van der Waals surface area contributed by atoms with Crippen LogP contribution < -0.4 is 0 Å². The Kier molecular flexibility index (Phi) is 10.4. The van der Waals surface area contributed by atoms with E-state index in [9.17, 15) is 0 Å². The fourth-order valence-electron chi connectivity index (χ4n) is 0. The van der Waals surface area contributed by atoms with E-state index in [0.29, 0.717) is 0 Å². The Labute approximate surface area is 79.7 Å². The summed E-state index contributed by atoms with van der Waals surface area (Å²) >= 11 is 24.9. The van der Waals surface area contributed by atoms with Crippen molar-refractivity contribution < 1.29 is 0 Å². The molecule has 0 aromatic carbocycles. The molecule has 0 aliphatic rings. The van der Waals surface area contributed by atoms with E-state index in [0.717, 1.165) is 0 Å². The molecule has 0 aliphatic carbocycles. The van der Waals surface area contributed by atoms with E-state index in [4.69, 9.17) is 58.0 Å². The van der Waals surface area contributed by atoms with E-state index in [1.54, 1.807) is 0 Å². The van der Waals surface area contributed by atoms with Gasteiger partial charge in [0.15, 0.2) is 3.79 Å². The van der Waals surface area contributed by atoms with Crippen LogP contribution in [0.2, 0.25) is 0 Å². The first-order valence-corrected chi connectivity index (χ1v) is 3.84. The van der Waals surface area contributed by atoms with Crippen molar-refractivity contribution in [3.63, 3.8) is 0 Å². The van der Waals surface area contributed by atoms with Crippen LogP contribution in [0.3, 0.4) is 0 Å². The summed E-state index contributed by atoms with van der Waals surface area (Å²) in [5, 5.41) is 0. The third-order valence-electron chi connectivity index (χ3n) is 0.0476. The lowest BCUT2D eigenvalue weighted by Crippen LogP contribution is -1.87. The Morgan fingerprint density at radius 3 is 1.11 bits per heavy atom. The molecule has 0 bridgehead atoms. The third kappa shape index (κ3) is 99.1. The predicted octanol–water partition coefficient (Wildman–Crippen LogP) is 4.31. The maximum Gasteiger partial charge on any atom is 0.187 e. The first-order valence-electron chi connectivity index (χ1n) is 1.84. The molecule has 0 saturated carbocycles. The number of hydrogen-bond donors (Lipinski definition) is 0.